The highest BCUT2D eigenvalue weighted by Gasteiger charge is 1.96. The summed E-state index contributed by atoms with van der Waals surface area (Å²) in [5.41, 5.74) is 0. The normalized spacial score (nSPS) is 13.2. The molecule has 12 heavy (non-hydrogen) atoms. The van der Waals surface area contributed by atoms with Crippen molar-refractivity contribution in [3.8, 4) is 0 Å². The Kier molecular flexibility index (Phi) is 11.0. The van der Waals surface area contributed by atoms with Crippen molar-refractivity contribution in [3.63, 3.8) is 0 Å². The van der Waals surface area contributed by atoms with E-state index in [-0.39, 0.29) is 0 Å². The van der Waals surface area contributed by atoms with Crippen molar-refractivity contribution < 1.29 is 0 Å². The number of alkyl halides is 2. The van der Waals surface area contributed by atoms with Gasteiger partial charge in [-0.15, -0.1) is 11.6 Å². The predicted molar refractivity (Wildman–Crippen MR) is 66.3 cm³/mol. The first-order chi connectivity index (χ1) is 5.77. The molecular weight excluding hydrogens is 282 g/mol. The summed E-state index contributed by atoms with van der Waals surface area (Å²) in [5.74, 6) is 0. The number of unbranched alkanes of at least 4 members (excludes halogenated alkanes) is 6. The molecule has 1 unspecified atom stereocenters. The van der Waals surface area contributed by atoms with Crippen LogP contribution in [0.4, 0.5) is 0 Å². The van der Waals surface area contributed by atoms with Gasteiger partial charge in [-0.2, -0.15) is 0 Å². The summed E-state index contributed by atoms with van der Waals surface area (Å²) in [6.45, 7) is 2.26. The average Bonchev–Trinajstić information content (AvgIpc) is 2.02. The van der Waals surface area contributed by atoms with Crippen LogP contribution in [0, 0.1) is 0 Å². The van der Waals surface area contributed by atoms with Gasteiger partial charge >= 0.3 is 0 Å². The van der Waals surface area contributed by atoms with Gasteiger partial charge in [-0.3, -0.25) is 0 Å². The van der Waals surface area contributed by atoms with Crippen LogP contribution in [0.2, 0.25) is 0 Å². The molecule has 0 N–H and O–H groups in total. The fraction of sp³-hybridized carbons (Fsp3) is 1.00. The maximum absolute atomic E-state index is 5.83. The summed E-state index contributed by atoms with van der Waals surface area (Å²) < 4.78 is 0.346. The largest absolute Gasteiger partial charge is 0.111 e. The Morgan fingerprint density at radius 1 is 1.00 bits per heavy atom. The molecule has 0 aliphatic heterocycles. The van der Waals surface area contributed by atoms with E-state index in [2.05, 4.69) is 29.5 Å². The minimum absolute atomic E-state index is 0.346. The molecule has 0 saturated heterocycles. The summed E-state index contributed by atoms with van der Waals surface area (Å²) in [5, 5.41) is 0. The molecule has 74 valence electrons. The van der Waals surface area contributed by atoms with Crippen LogP contribution in [-0.2, 0) is 0 Å². The molecule has 0 aliphatic carbocycles. The highest BCUT2D eigenvalue weighted by Crippen LogP contribution is 2.16. The standard InChI is InChI=1S/C10H20ClI/c1-2-3-4-5-6-7-8-9-10(11)12/h10H,2-9H2,1H3. The lowest BCUT2D eigenvalue weighted by molar-refractivity contribution is 0.584. The molecule has 0 radical (unpaired) electrons. The zero-order valence-corrected chi connectivity index (χ0v) is 10.9. The van der Waals surface area contributed by atoms with Gasteiger partial charge in [0.1, 0.15) is 0 Å². The highest BCUT2D eigenvalue weighted by atomic mass is 127. The maximum Gasteiger partial charge on any atom is 0.0850 e. The molecular formula is C10H20ClI. The van der Waals surface area contributed by atoms with Crippen molar-refractivity contribution in [1.29, 1.82) is 0 Å². The molecule has 0 aromatic carbocycles. The third-order valence-electron chi connectivity index (χ3n) is 2.03. The third-order valence-corrected chi connectivity index (χ3v) is 2.87. The summed E-state index contributed by atoms with van der Waals surface area (Å²) in [6, 6.07) is 0. The summed E-state index contributed by atoms with van der Waals surface area (Å²) in [6.07, 6.45) is 10.9. The van der Waals surface area contributed by atoms with E-state index in [9.17, 15) is 0 Å². The first-order valence-corrected chi connectivity index (χ1v) is 6.73. The van der Waals surface area contributed by atoms with Crippen molar-refractivity contribution in [2.24, 2.45) is 0 Å². The van der Waals surface area contributed by atoms with Crippen molar-refractivity contribution in [3.05, 3.63) is 0 Å². The molecule has 0 aromatic heterocycles. The predicted octanol–water partition coefficient (Wildman–Crippen LogP) is 5.13. The Hall–Kier alpha value is 1.02. The zero-order valence-electron chi connectivity index (χ0n) is 7.99. The minimum Gasteiger partial charge on any atom is -0.111 e. The Bertz CT molecular complexity index is 83.9. The Morgan fingerprint density at radius 2 is 1.50 bits per heavy atom. The van der Waals surface area contributed by atoms with Crippen molar-refractivity contribution >= 4 is 34.2 Å². The number of hydrogen-bond donors (Lipinski definition) is 0. The van der Waals surface area contributed by atoms with Crippen molar-refractivity contribution in [2.75, 3.05) is 0 Å². The molecule has 0 aromatic rings. The fourth-order valence-corrected chi connectivity index (χ4v) is 1.85. The molecule has 0 rings (SSSR count). The topological polar surface area (TPSA) is 0 Å². The van der Waals surface area contributed by atoms with Gasteiger partial charge in [-0.05, 0) is 6.42 Å². The van der Waals surface area contributed by atoms with E-state index in [1.54, 1.807) is 0 Å². The molecule has 0 bridgehead atoms. The van der Waals surface area contributed by atoms with E-state index < -0.39 is 0 Å². The number of rotatable bonds is 8. The van der Waals surface area contributed by atoms with Crippen LogP contribution in [0.5, 0.6) is 0 Å². The molecule has 1 atom stereocenters. The number of halogens is 2. The first kappa shape index (κ1) is 13.0. The highest BCUT2D eigenvalue weighted by molar-refractivity contribution is 14.1. The average molecular weight is 303 g/mol. The first-order valence-electron chi connectivity index (χ1n) is 5.05. The SMILES string of the molecule is CCCCCCCCCC(Cl)I. The van der Waals surface area contributed by atoms with Crippen molar-refractivity contribution in [2.45, 2.75) is 61.7 Å². The molecule has 0 amide bonds. The molecule has 0 nitrogen and oxygen atoms in total. The summed E-state index contributed by atoms with van der Waals surface area (Å²) in [7, 11) is 0. The van der Waals surface area contributed by atoms with Crippen LogP contribution in [0.25, 0.3) is 0 Å². The second kappa shape index (κ2) is 10.1. The van der Waals surface area contributed by atoms with Gasteiger partial charge in [0, 0.05) is 0 Å². The monoisotopic (exact) mass is 302 g/mol. The maximum atomic E-state index is 5.83. The van der Waals surface area contributed by atoms with E-state index in [4.69, 9.17) is 11.6 Å². The molecule has 2 heteroatoms. The van der Waals surface area contributed by atoms with Crippen LogP contribution in [0.15, 0.2) is 0 Å². The Balaban J connectivity index is 2.82. The minimum atomic E-state index is 0.346. The molecule has 0 heterocycles. The summed E-state index contributed by atoms with van der Waals surface area (Å²) in [4.78, 5) is 0. The third kappa shape index (κ3) is 11.0. The van der Waals surface area contributed by atoms with Gasteiger partial charge < -0.3 is 0 Å². The van der Waals surface area contributed by atoms with Crippen LogP contribution in [0.3, 0.4) is 0 Å². The second-order valence-corrected chi connectivity index (χ2v) is 6.07. The van der Waals surface area contributed by atoms with Crippen LogP contribution >= 0.6 is 34.2 Å². The number of hydrogen-bond acceptors (Lipinski definition) is 0. The molecule has 0 spiro atoms. The lowest BCUT2D eigenvalue weighted by Gasteiger charge is -2.01. The quantitative estimate of drug-likeness (QED) is 0.331. The van der Waals surface area contributed by atoms with Gasteiger partial charge in [-0.25, -0.2) is 0 Å². The smallest absolute Gasteiger partial charge is 0.0850 e. The van der Waals surface area contributed by atoms with Crippen LogP contribution < -0.4 is 0 Å². The van der Waals surface area contributed by atoms with Crippen molar-refractivity contribution in [1.82, 2.24) is 0 Å². The van der Waals surface area contributed by atoms with Crippen LogP contribution in [0.1, 0.15) is 58.3 Å². The second-order valence-electron chi connectivity index (χ2n) is 3.30. The van der Waals surface area contributed by atoms with Gasteiger partial charge in [0.25, 0.3) is 0 Å². The zero-order chi connectivity index (χ0) is 9.23. The molecule has 0 fully saturated rings. The Morgan fingerprint density at radius 3 is 2.00 bits per heavy atom. The van der Waals surface area contributed by atoms with E-state index >= 15 is 0 Å². The lowest BCUT2D eigenvalue weighted by atomic mass is 10.1. The van der Waals surface area contributed by atoms with Gasteiger partial charge in [0.15, 0.2) is 0 Å². The van der Waals surface area contributed by atoms with Gasteiger partial charge in [0.05, 0.1) is 3.38 Å². The molecule has 0 saturated carbocycles. The fourth-order valence-electron chi connectivity index (χ4n) is 1.26. The van der Waals surface area contributed by atoms with E-state index in [0.717, 1.165) is 0 Å². The van der Waals surface area contributed by atoms with E-state index in [1.165, 1.54) is 51.4 Å². The van der Waals surface area contributed by atoms with Gasteiger partial charge in [-0.1, -0.05) is 74.5 Å². The van der Waals surface area contributed by atoms with Gasteiger partial charge in [0.2, 0.25) is 0 Å². The van der Waals surface area contributed by atoms with Crippen LogP contribution in [-0.4, -0.2) is 3.38 Å². The summed E-state index contributed by atoms with van der Waals surface area (Å²) >= 11 is 8.11. The van der Waals surface area contributed by atoms with E-state index in [1.807, 2.05) is 0 Å². The lowest BCUT2D eigenvalue weighted by Crippen LogP contribution is -1.86. The Labute approximate surface area is 95.6 Å². The van der Waals surface area contributed by atoms with E-state index in [0.29, 0.717) is 3.38 Å². The molecule has 0 aliphatic rings.